The number of phenolic OH excluding ortho intramolecular Hbond substituents is 2. The zero-order valence-corrected chi connectivity index (χ0v) is 19.1. The van der Waals surface area contributed by atoms with Crippen LogP contribution in [0, 0.1) is 10.8 Å². The van der Waals surface area contributed by atoms with E-state index in [2.05, 4.69) is 0 Å². The van der Waals surface area contributed by atoms with Crippen molar-refractivity contribution in [1.82, 2.24) is 0 Å². The Balaban J connectivity index is 1.24. The van der Waals surface area contributed by atoms with Gasteiger partial charge in [-0.25, -0.2) is 0 Å². The molecule has 2 N–H and O–H groups in total. The highest BCUT2D eigenvalue weighted by molar-refractivity contribution is 5.93. The minimum Gasteiger partial charge on any atom is -0.504 e. The first-order valence-corrected chi connectivity index (χ1v) is 11.1. The maximum absolute atomic E-state index is 13.6. The molecular weight excluding hydrogens is 444 g/mol. The molecule has 9 heteroatoms. The summed E-state index contributed by atoms with van der Waals surface area (Å²) in [6.45, 7) is 0.945. The van der Waals surface area contributed by atoms with Crippen molar-refractivity contribution in [2.75, 3.05) is 40.6 Å². The van der Waals surface area contributed by atoms with Gasteiger partial charge in [-0.3, -0.25) is 4.79 Å². The van der Waals surface area contributed by atoms with Crippen LogP contribution in [0.15, 0.2) is 36.4 Å². The van der Waals surface area contributed by atoms with E-state index >= 15 is 0 Å². The molecule has 1 saturated carbocycles. The van der Waals surface area contributed by atoms with Crippen LogP contribution in [0.3, 0.4) is 0 Å². The molecule has 1 aliphatic carbocycles. The Kier molecular flexibility index (Phi) is 5.89. The Morgan fingerprint density at radius 3 is 1.47 bits per heavy atom. The van der Waals surface area contributed by atoms with Gasteiger partial charge in [-0.05, 0) is 37.1 Å². The van der Waals surface area contributed by atoms with Crippen molar-refractivity contribution in [1.29, 1.82) is 0 Å². The lowest BCUT2D eigenvalue weighted by Gasteiger charge is -2.40. The van der Waals surface area contributed by atoms with E-state index in [1.807, 2.05) is 0 Å². The van der Waals surface area contributed by atoms with Crippen LogP contribution >= 0.6 is 0 Å². The fraction of sp³-hybridized carbons (Fsp3) is 0.480. The van der Waals surface area contributed by atoms with Gasteiger partial charge in [0.05, 0.1) is 51.5 Å². The molecule has 182 valence electrons. The van der Waals surface area contributed by atoms with E-state index in [1.165, 1.54) is 26.4 Å². The van der Waals surface area contributed by atoms with Gasteiger partial charge in [0.1, 0.15) is 0 Å². The van der Waals surface area contributed by atoms with E-state index in [0.29, 0.717) is 35.5 Å². The number of methoxy groups -OCH3 is 2. The third-order valence-electron chi connectivity index (χ3n) is 7.04. The Morgan fingerprint density at radius 1 is 0.735 bits per heavy atom. The fourth-order valence-electron chi connectivity index (χ4n) is 5.01. The van der Waals surface area contributed by atoms with Crippen molar-refractivity contribution in [3.05, 3.63) is 47.5 Å². The molecule has 5 rings (SSSR count). The number of hydrogen-bond acceptors (Lipinski definition) is 9. The quantitative estimate of drug-likeness (QED) is 0.692. The minimum absolute atomic E-state index is 0.0350. The summed E-state index contributed by atoms with van der Waals surface area (Å²) in [4.78, 5) is 13.6. The normalized spacial score (nSPS) is 31.2. The topological polar surface area (TPSA) is 113 Å². The van der Waals surface area contributed by atoms with E-state index in [-0.39, 0.29) is 43.7 Å². The molecule has 2 saturated heterocycles. The molecule has 2 aliphatic heterocycles. The van der Waals surface area contributed by atoms with Gasteiger partial charge in [-0.1, -0.05) is 12.1 Å². The standard InChI is InChI=1S/C25H28O9/c1-29-19-9-15(3-5-17(19)26)21-31-11-24(12-32-21)7-8-25(23(24)28)13-33-22(34-14-25)16-4-6-18(27)20(10-16)30-2/h3-6,9-10,21-22,26-27H,7-8,11-14H2,1-2H3. The second kappa shape index (κ2) is 8.74. The number of carbonyl (C=O) groups is 1. The van der Waals surface area contributed by atoms with Gasteiger partial charge in [0, 0.05) is 11.1 Å². The lowest BCUT2D eigenvalue weighted by atomic mass is 9.78. The first-order valence-electron chi connectivity index (χ1n) is 11.1. The first kappa shape index (κ1) is 22.9. The second-order valence-corrected chi connectivity index (χ2v) is 9.16. The summed E-state index contributed by atoms with van der Waals surface area (Å²) < 4.78 is 34.2. The summed E-state index contributed by atoms with van der Waals surface area (Å²) in [5, 5.41) is 19.6. The summed E-state index contributed by atoms with van der Waals surface area (Å²) >= 11 is 0. The molecule has 0 radical (unpaired) electrons. The third-order valence-corrected chi connectivity index (χ3v) is 7.04. The van der Waals surface area contributed by atoms with Crippen LogP contribution in [0.1, 0.15) is 36.5 Å². The van der Waals surface area contributed by atoms with E-state index in [1.54, 1.807) is 24.3 Å². The maximum Gasteiger partial charge on any atom is 0.184 e. The Morgan fingerprint density at radius 2 is 1.12 bits per heavy atom. The first-order chi connectivity index (χ1) is 16.4. The smallest absolute Gasteiger partial charge is 0.184 e. The third kappa shape index (κ3) is 3.78. The zero-order valence-electron chi connectivity index (χ0n) is 19.1. The highest BCUT2D eigenvalue weighted by Gasteiger charge is 2.60. The summed E-state index contributed by atoms with van der Waals surface area (Å²) in [6.07, 6.45) is -0.0293. The van der Waals surface area contributed by atoms with E-state index in [9.17, 15) is 15.0 Å². The van der Waals surface area contributed by atoms with Crippen molar-refractivity contribution in [2.45, 2.75) is 25.4 Å². The van der Waals surface area contributed by atoms with Crippen LogP contribution in [0.2, 0.25) is 0 Å². The van der Waals surface area contributed by atoms with Crippen molar-refractivity contribution in [3.8, 4) is 23.0 Å². The van der Waals surface area contributed by atoms with Gasteiger partial charge in [0.2, 0.25) is 0 Å². The summed E-state index contributed by atoms with van der Waals surface area (Å²) in [6, 6.07) is 9.80. The SMILES string of the molecule is COc1cc(C2OCC3(CCC4(COC(c5ccc(O)c(OC)c5)OC4)C3=O)CO2)ccc1O. The number of benzene rings is 2. The van der Waals surface area contributed by atoms with Gasteiger partial charge in [-0.2, -0.15) is 0 Å². The van der Waals surface area contributed by atoms with Crippen LogP contribution < -0.4 is 9.47 Å². The van der Waals surface area contributed by atoms with Crippen molar-refractivity contribution < 1.29 is 43.4 Å². The molecule has 0 bridgehead atoms. The van der Waals surface area contributed by atoms with Crippen LogP contribution in [0.25, 0.3) is 0 Å². The number of ketones is 1. The molecule has 3 fully saturated rings. The van der Waals surface area contributed by atoms with E-state index < -0.39 is 23.4 Å². The van der Waals surface area contributed by atoms with Gasteiger partial charge < -0.3 is 38.6 Å². The molecule has 3 aliphatic rings. The number of phenols is 2. The predicted molar refractivity (Wildman–Crippen MR) is 118 cm³/mol. The van der Waals surface area contributed by atoms with Crippen LogP contribution in [0.5, 0.6) is 23.0 Å². The largest absolute Gasteiger partial charge is 0.504 e. The molecule has 0 unspecified atom stereocenters. The van der Waals surface area contributed by atoms with Crippen LogP contribution in [-0.2, 0) is 23.7 Å². The van der Waals surface area contributed by atoms with Crippen molar-refractivity contribution >= 4 is 5.78 Å². The lowest BCUT2D eigenvalue weighted by Crippen LogP contribution is -2.50. The molecular formula is C25H28O9. The van der Waals surface area contributed by atoms with E-state index in [4.69, 9.17) is 28.4 Å². The van der Waals surface area contributed by atoms with Crippen LogP contribution in [0.4, 0.5) is 0 Å². The minimum atomic E-state index is -0.737. The molecule has 2 heterocycles. The van der Waals surface area contributed by atoms with Gasteiger partial charge in [-0.15, -0.1) is 0 Å². The lowest BCUT2D eigenvalue weighted by molar-refractivity contribution is -0.240. The highest BCUT2D eigenvalue weighted by atomic mass is 16.7. The highest BCUT2D eigenvalue weighted by Crippen LogP contribution is 2.52. The summed E-state index contributed by atoms with van der Waals surface area (Å²) in [7, 11) is 2.95. The van der Waals surface area contributed by atoms with E-state index in [0.717, 1.165) is 0 Å². The van der Waals surface area contributed by atoms with Crippen molar-refractivity contribution in [3.63, 3.8) is 0 Å². The van der Waals surface area contributed by atoms with Gasteiger partial charge in [0.25, 0.3) is 0 Å². The maximum atomic E-state index is 13.6. The van der Waals surface area contributed by atoms with Crippen LogP contribution in [-0.4, -0.2) is 56.6 Å². The molecule has 0 aromatic heterocycles. The monoisotopic (exact) mass is 472 g/mol. The molecule has 34 heavy (non-hydrogen) atoms. The molecule has 2 aromatic carbocycles. The van der Waals surface area contributed by atoms with Crippen molar-refractivity contribution in [2.24, 2.45) is 10.8 Å². The molecule has 2 aromatic rings. The van der Waals surface area contributed by atoms with Gasteiger partial charge >= 0.3 is 0 Å². The Labute approximate surface area is 197 Å². The predicted octanol–water partition coefficient (Wildman–Crippen LogP) is 3.24. The number of Topliss-reactive ketones (excluding diaryl/α,β-unsaturated/α-hetero) is 1. The average molecular weight is 472 g/mol. The number of carbonyl (C=O) groups excluding carboxylic acids is 1. The average Bonchev–Trinajstić information content (AvgIpc) is 3.12. The Hall–Kier alpha value is -2.85. The number of ether oxygens (including phenoxy) is 6. The molecule has 0 atom stereocenters. The summed E-state index contributed by atoms with van der Waals surface area (Å²) in [5.74, 6) is 0.778. The fourth-order valence-corrected chi connectivity index (χ4v) is 5.01. The Bertz CT molecular complexity index is 983. The number of rotatable bonds is 4. The van der Waals surface area contributed by atoms with Gasteiger partial charge in [0.15, 0.2) is 41.4 Å². The zero-order chi connectivity index (χ0) is 23.9. The summed E-state index contributed by atoms with van der Waals surface area (Å²) in [5.41, 5.74) is -0.0558. The second-order valence-electron chi connectivity index (χ2n) is 9.16. The number of hydrogen-bond donors (Lipinski definition) is 2. The molecule has 2 spiro atoms. The molecule has 0 amide bonds. The number of aromatic hydroxyl groups is 2. The molecule has 9 nitrogen and oxygen atoms in total.